The van der Waals surface area contributed by atoms with Crippen molar-refractivity contribution in [3.63, 3.8) is 0 Å². The zero-order valence-electron chi connectivity index (χ0n) is 4.68. The van der Waals surface area contributed by atoms with Gasteiger partial charge in [0.25, 0.3) is 0 Å². The third kappa shape index (κ3) is 0.619. The van der Waals surface area contributed by atoms with E-state index in [2.05, 4.69) is 13.6 Å². The van der Waals surface area contributed by atoms with Crippen molar-refractivity contribution in [3.8, 4) is 0 Å². The van der Waals surface area contributed by atoms with Crippen LogP contribution in [0.3, 0.4) is 0 Å². The van der Waals surface area contributed by atoms with Crippen molar-refractivity contribution in [2.24, 2.45) is 0 Å². The molecule has 1 saturated heterocycles. The SMILES string of the molecule is C=C1CCN([CH2-])C1=O. The predicted octanol–water partition coefficient (Wildman–Crippen LogP) is 0.566. The summed E-state index contributed by atoms with van der Waals surface area (Å²) < 4.78 is 0. The monoisotopic (exact) mass is 110 g/mol. The zero-order valence-corrected chi connectivity index (χ0v) is 4.68. The van der Waals surface area contributed by atoms with Crippen LogP contribution in [-0.4, -0.2) is 17.4 Å². The standard InChI is InChI=1S/C6H8NO/c1-5-3-4-7(2)6(5)8/h1-4H2/q-1. The van der Waals surface area contributed by atoms with Gasteiger partial charge in [-0.1, -0.05) is 6.58 Å². The van der Waals surface area contributed by atoms with Gasteiger partial charge in [-0.2, -0.15) is 0 Å². The molecule has 1 heterocycles. The van der Waals surface area contributed by atoms with E-state index in [1.54, 1.807) is 0 Å². The molecule has 0 aliphatic carbocycles. The van der Waals surface area contributed by atoms with Gasteiger partial charge < -0.3 is 4.90 Å². The normalized spacial score (nSPS) is 20.4. The summed E-state index contributed by atoms with van der Waals surface area (Å²) in [5, 5.41) is 0. The molecule has 1 fully saturated rings. The molecule has 44 valence electrons. The smallest absolute Gasteiger partial charge is 0.219 e. The maximum atomic E-state index is 10.7. The second-order valence-corrected chi connectivity index (χ2v) is 1.92. The van der Waals surface area contributed by atoms with Crippen LogP contribution in [0.25, 0.3) is 0 Å². The minimum Gasteiger partial charge on any atom is -0.492 e. The molecule has 1 aliphatic heterocycles. The topological polar surface area (TPSA) is 20.3 Å². The maximum absolute atomic E-state index is 10.7. The lowest BCUT2D eigenvalue weighted by Crippen LogP contribution is -2.15. The fraction of sp³-hybridized carbons (Fsp3) is 0.333. The van der Waals surface area contributed by atoms with Crippen molar-refractivity contribution >= 4 is 5.91 Å². The minimum absolute atomic E-state index is 0.00926. The van der Waals surface area contributed by atoms with E-state index in [1.807, 2.05) is 0 Å². The van der Waals surface area contributed by atoms with Gasteiger partial charge in [0.2, 0.25) is 5.91 Å². The lowest BCUT2D eigenvalue weighted by atomic mass is 10.3. The third-order valence-corrected chi connectivity index (χ3v) is 1.27. The molecule has 1 amide bonds. The number of carbonyl (C=O) groups excluding carboxylic acids is 1. The molecule has 1 rings (SSSR count). The van der Waals surface area contributed by atoms with Crippen molar-refractivity contribution in [3.05, 3.63) is 19.2 Å². The Morgan fingerprint density at radius 3 is 2.50 bits per heavy atom. The van der Waals surface area contributed by atoms with Gasteiger partial charge in [-0.25, -0.2) is 0 Å². The van der Waals surface area contributed by atoms with Crippen LogP contribution in [0.2, 0.25) is 0 Å². The highest BCUT2D eigenvalue weighted by Gasteiger charge is 2.14. The molecule has 0 bridgehead atoms. The molecule has 0 N–H and O–H groups in total. The molecular formula is C6H8NO-. The summed E-state index contributed by atoms with van der Waals surface area (Å²) in [7, 11) is 3.49. The number of amides is 1. The second-order valence-electron chi connectivity index (χ2n) is 1.92. The first-order chi connectivity index (χ1) is 3.72. The van der Waals surface area contributed by atoms with Gasteiger partial charge in [0.1, 0.15) is 0 Å². The minimum atomic E-state index is -0.00926. The van der Waals surface area contributed by atoms with Crippen LogP contribution in [0.1, 0.15) is 6.42 Å². The molecule has 0 radical (unpaired) electrons. The van der Waals surface area contributed by atoms with Crippen molar-refractivity contribution in [1.82, 2.24) is 4.90 Å². The molecular weight excluding hydrogens is 102 g/mol. The Labute approximate surface area is 48.8 Å². The van der Waals surface area contributed by atoms with E-state index in [9.17, 15) is 4.79 Å². The Morgan fingerprint density at radius 2 is 2.38 bits per heavy atom. The molecule has 1 aliphatic rings. The highest BCUT2D eigenvalue weighted by atomic mass is 16.2. The Bertz CT molecular complexity index is 139. The first-order valence-corrected chi connectivity index (χ1v) is 2.52. The van der Waals surface area contributed by atoms with Crippen molar-refractivity contribution in [2.45, 2.75) is 6.42 Å². The van der Waals surface area contributed by atoms with Crippen molar-refractivity contribution in [2.75, 3.05) is 6.54 Å². The van der Waals surface area contributed by atoms with E-state index in [0.29, 0.717) is 5.57 Å². The van der Waals surface area contributed by atoms with Crippen LogP contribution in [0, 0.1) is 7.05 Å². The summed E-state index contributed by atoms with van der Waals surface area (Å²) in [5.74, 6) is -0.00926. The van der Waals surface area contributed by atoms with Gasteiger partial charge in [0.15, 0.2) is 0 Å². The van der Waals surface area contributed by atoms with Gasteiger partial charge in [-0.3, -0.25) is 11.8 Å². The number of hydrogen-bond acceptors (Lipinski definition) is 1. The van der Waals surface area contributed by atoms with Crippen molar-refractivity contribution < 1.29 is 4.79 Å². The van der Waals surface area contributed by atoms with Crippen LogP contribution >= 0.6 is 0 Å². The fourth-order valence-corrected chi connectivity index (χ4v) is 0.702. The Morgan fingerprint density at radius 1 is 1.75 bits per heavy atom. The average molecular weight is 110 g/mol. The molecule has 0 unspecified atom stereocenters. The molecule has 0 aromatic heterocycles. The lowest BCUT2D eigenvalue weighted by molar-refractivity contribution is -0.122. The summed E-state index contributed by atoms with van der Waals surface area (Å²) >= 11 is 0. The van der Waals surface area contributed by atoms with E-state index in [4.69, 9.17) is 0 Å². The van der Waals surface area contributed by atoms with Gasteiger partial charge in [0, 0.05) is 5.57 Å². The summed E-state index contributed by atoms with van der Waals surface area (Å²) in [5.41, 5.74) is 0.681. The largest absolute Gasteiger partial charge is 0.492 e. The molecule has 2 heteroatoms. The number of likely N-dealkylation sites (tertiary alicyclic amines) is 1. The van der Waals surface area contributed by atoms with Gasteiger partial charge in [-0.05, 0) is 13.0 Å². The Kier molecular flexibility index (Phi) is 1.08. The number of carbonyl (C=O) groups is 1. The first kappa shape index (κ1) is 5.35. The summed E-state index contributed by atoms with van der Waals surface area (Å²) in [6.45, 7) is 4.29. The van der Waals surface area contributed by atoms with Gasteiger partial charge in [-0.15, -0.1) is 0 Å². The third-order valence-electron chi connectivity index (χ3n) is 1.27. The molecule has 0 atom stereocenters. The van der Waals surface area contributed by atoms with E-state index in [1.165, 1.54) is 4.90 Å². The van der Waals surface area contributed by atoms with Crippen LogP contribution in [0.5, 0.6) is 0 Å². The summed E-state index contributed by atoms with van der Waals surface area (Å²) in [6, 6.07) is 0. The van der Waals surface area contributed by atoms with E-state index >= 15 is 0 Å². The number of hydrogen-bond donors (Lipinski definition) is 0. The lowest BCUT2D eigenvalue weighted by Gasteiger charge is -2.14. The number of nitrogens with zero attached hydrogens (tertiary/aromatic N) is 1. The average Bonchev–Trinajstić information content (AvgIpc) is 1.98. The van der Waals surface area contributed by atoms with Crippen molar-refractivity contribution in [1.29, 1.82) is 0 Å². The van der Waals surface area contributed by atoms with Gasteiger partial charge in [0.05, 0.1) is 0 Å². The van der Waals surface area contributed by atoms with E-state index in [0.717, 1.165) is 13.0 Å². The molecule has 0 saturated carbocycles. The van der Waals surface area contributed by atoms with Gasteiger partial charge >= 0.3 is 0 Å². The Balaban J connectivity index is 2.71. The Hall–Kier alpha value is -0.790. The van der Waals surface area contributed by atoms with E-state index < -0.39 is 0 Å². The van der Waals surface area contributed by atoms with E-state index in [-0.39, 0.29) is 5.91 Å². The molecule has 0 aromatic rings. The molecule has 2 nitrogen and oxygen atoms in total. The van der Waals surface area contributed by atoms with Crippen LogP contribution in [0.4, 0.5) is 0 Å². The molecule has 0 spiro atoms. The molecule has 0 aromatic carbocycles. The van der Waals surface area contributed by atoms with Crippen LogP contribution in [0.15, 0.2) is 12.2 Å². The fourth-order valence-electron chi connectivity index (χ4n) is 0.702. The predicted molar refractivity (Wildman–Crippen MR) is 30.8 cm³/mol. The quantitative estimate of drug-likeness (QED) is 0.329. The summed E-state index contributed by atoms with van der Waals surface area (Å²) in [4.78, 5) is 12.1. The summed E-state index contributed by atoms with van der Waals surface area (Å²) in [6.07, 6.45) is 0.780. The van der Waals surface area contributed by atoms with Crippen LogP contribution in [-0.2, 0) is 4.79 Å². The molecule has 8 heavy (non-hydrogen) atoms. The zero-order chi connectivity index (χ0) is 6.15. The van der Waals surface area contributed by atoms with Crippen LogP contribution < -0.4 is 0 Å². The second kappa shape index (κ2) is 1.62. The first-order valence-electron chi connectivity index (χ1n) is 2.52. The highest BCUT2D eigenvalue weighted by Crippen LogP contribution is 2.12. The highest BCUT2D eigenvalue weighted by molar-refractivity contribution is 5.95. The number of rotatable bonds is 0. The maximum Gasteiger partial charge on any atom is 0.219 e.